The van der Waals surface area contributed by atoms with Crippen molar-refractivity contribution >= 4 is 17.3 Å². The second kappa shape index (κ2) is 4.93. The van der Waals surface area contributed by atoms with Gasteiger partial charge < -0.3 is 15.5 Å². The summed E-state index contributed by atoms with van der Waals surface area (Å²) in [6, 6.07) is 8.19. The van der Waals surface area contributed by atoms with Gasteiger partial charge in [0.05, 0.1) is 23.5 Å². The zero-order chi connectivity index (χ0) is 12.3. The molecule has 0 aliphatic rings. The number of nitrogens with zero attached hydrogens (tertiary/aromatic N) is 1. The third kappa shape index (κ3) is 3.01. The molecule has 0 unspecified atom stereocenters. The fraction of sp³-hybridized carbons (Fsp3) is 0.0833. The summed E-state index contributed by atoms with van der Waals surface area (Å²) >= 11 is 5.78. The van der Waals surface area contributed by atoms with Gasteiger partial charge in [-0.3, -0.25) is 4.98 Å². The number of hydrogen-bond donors (Lipinski definition) is 3. The van der Waals surface area contributed by atoms with Gasteiger partial charge in [-0.15, -0.1) is 0 Å². The predicted octanol–water partition coefficient (Wildman–Crippen LogP) is 2.76. The lowest BCUT2D eigenvalue weighted by molar-refractivity contribution is 0.472. The molecule has 17 heavy (non-hydrogen) atoms. The number of pyridine rings is 1. The first-order chi connectivity index (χ1) is 8.15. The molecule has 88 valence electrons. The van der Waals surface area contributed by atoms with Crippen LogP contribution in [0.2, 0.25) is 5.02 Å². The highest BCUT2D eigenvalue weighted by Gasteiger charge is 2.00. The molecule has 5 heteroatoms. The van der Waals surface area contributed by atoms with Gasteiger partial charge in [-0.25, -0.2) is 0 Å². The van der Waals surface area contributed by atoms with E-state index in [0.29, 0.717) is 11.6 Å². The Morgan fingerprint density at radius 1 is 1.18 bits per heavy atom. The molecule has 0 saturated heterocycles. The lowest BCUT2D eigenvalue weighted by Gasteiger charge is -2.07. The number of anilines is 1. The minimum Gasteiger partial charge on any atom is -0.506 e. The quantitative estimate of drug-likeness (QED) is 0.733. The zero-order valence-corrected chi connectivity index (χ0v) is 9.65. The number of phenolic OH excluding ortho intramolecular Hbond substituents is 1. The van der Waals surface area contributed by atoms with Crippen molar-refractivity contribution in [3.8, 4) is 11.5 Å². The Balaban J connectivity index is 2.02. The van der Waals surface area contributed by atoms with Gasteiger partial charge >= 0.3 is 0 Å². The van der Waals surface area contributed by atoms with Gasteiger partial charge in [-0.05, 0) is 30.3 Å². The van der Waals surface area contributed by atoms with Crippen molar-refractivity contribution in [3.05, 3.63) is 47.2 Å². The smallest absolute Gasteiger partial charge is 0.134 e. The zero-order valence-electron chi connectivity index (χ0n) is 8.89. The van der Waals surface area contributed by atoms with Crippen LogP contribution in [0.15, 0.2) is 36.5 Å². The minimum absolute atomic E-state index is 0.0555. The SMILES string of the molecule is Oc1ccc(CNc2ccc(O)c(Cl)c2)nc1. The summed E-state index contributed by atoms with van der Waals surface area (Å²) in [4.78, 5) is 4.04. The van der Waals surface area contributed by atoms with E-state index in [-0.39, 0.29) is 11.5 Å². The number of rotatable bonds is 3. The summed E-state index contributed by atoms with van der Waals surface area (Å²) in [5, 5.41) is 21.7. The molecule has 0 bridgehead atoms. The maximum absolute atomic E-state index is 9.26. The van der Waals surface area contributed by atoms with Gasteiger partial charge in [0, 0.05) is 5.69 Å². The van der Waals surface area contributed by atoms with Crippen LogP contribution in [0.4, 0.5) is 5.69 Å². The number of nitrogens with one attached hydrogen (secondary N) is 1. The Labute approximate surface area is 104 Å². The summed E-state index contributed by atoms with van der Waals surface area (Å²) < 4.78 is 0. The summed E-state index contributed by atoms with van der Waals surface area (Å²) in [5.74, 6) is 0.196. The molecule has 0 radical (unpaired) electrons. The Bertz CT molecular complexity index is 514. The van der Waals surface area contributed by atoms with Crippen LogP contribution in [0.1, 0.15) is 5.69 Å². The first kappa shape index (κ1) is 11.5. The molecule has 2 aromatic rings. The van der Waals surface area contributed by atoms with Crippen molar-refractivity contribution in [2.24, 2.45) is 0 Å². The van der Waals surface area contributed by atoms with E-state index in [4.69, 9.17) is 16.7 Å². The number of aromatic hydroxyl groups is 2. The van der Waals surface area contributed by atoms with E-state index in [9.17, 15) is 5.11 Å². The van der Waals surface area contributed by atoms with E-state index in [0.717, 1.165) is 11.4 Å². The number of aromatic nitrogens is 1. The highest BCUT2D eigenvalue weighted by Crippen LogP contribution is 2.26. The van der Waals surface area contributed by atoms with Crippen LogP contribution < -0.4 is 5.32 Å². The lowest BCUT2D eigenvalue weighted by Crippen LogP contribution is -2.00. The molecule has 0 fully saturated rings. The molecule has 4 nitrogen and oxygen atoms in total. The van der Waals surface area contributed by atoms with Gasteiger partial charge in [0.2, 0.25) is 0 Å². The molecule has 1 aromatic carbocycles. The molecule has 2 rings (SSSR count). The molecule has 0 aliphatic heterocycles. The van der Waals surface area contributed by atoms with Crippen LogP contribution in [0.5, 0.6) is 11.5 Å². The normalized spacial score (nSPS) is 10.2. The third-order valence-corrected chi connectivity index (χ3v) is 2.53. The molecular formula is C12H11ClN2O2. The molecule has 1 aromatic heterocycles. The number of benzene rings is 1. The first-order valence-corrected chi connectivity index (χ1v) is 5.39. The van der Waals surface area contributed by atoms with E-state index in [2.05, 4.69) is 10.3 Å². The second-order valence-corrected chi connectivity index (χ2v) is 3.93. The fourth-order valence-corrected chi connectivity index (χ4v) is 1.51. The van der Waals surface area contributed by atoms with Gasteiger partial charge in [-0.2, -0.15) is 0 Å². The van der Waals surface area contributed by atoms with E-state index in [1.165, 1.54) is 12.3 Å². The molecule has 0 saturated carbocycles. The molecular weight excluding hydrogens is 240 g/mol. The molecule has 3 N–H and O–H groups in total. The molecule has 1 heterocycles. The largest absolute Gasteiger partial charge is 0.506 e. The van der Waals surface area contributed by atoms with Gasteiger partial charge in [0.15, 0.2) is 0 Å². The van der Waals surface area contributed by atoms with Crippen molar-refractivity contribution in [2.75, 3.05) is 5.32 Å². The summed E-state index contributed by atoms with van der Waals surface area (Å²) in [6.45, 7) is 0.515. The van der Waals surface area contributed by atoms with Crippen molar-refractivity contribution in [3.63, 3.8) is 0 Å². The van der Waals surface area contributed by atoms with Gasteiger partial charge in [-0.1, -0.05) is 11.6 Å². The predicted molar refractivity (Wildman–Crippen MR) is 66.3 cm³/mol. The first-order valence-electron chi connectivity index (χ1n) is 5.01. The van der Waals surface area contributed by atoms with Crippen LogP contribution >= 0.6 is 11.6 Å². The van der Waals surface area contributed by atoms with E-state index >= 15 is 0 Å². The summed E-state index contributed by atoms with van der Waals surface area (Å²) in [6.07, 6.45) is 1.39. The maximum Gasteiger partial charge on any atom is 0.134 e. The number of hydrogen-bond acceptors (Lipinski definition) is 4. The van der Waals surface area contributed by atoms with E-state index < -0.39 is 0 Å². The Kier molecular flexibility index (Phi) is 3.35. The lowest BCUT2D eigenvalue weighted by atomic mass is 10.3. The molecule has 0 amide bonds. The number of phenols is 1. The molecule has 0 spiro atoms. The van der Waals surface area contributed by atoms with Crippen molar-refractivity contribution in [1.82, 2.24) is 4.98 Å². The van der Waals surface area contributed by atoms with E-state index in [1.807, 2.05) is 0 Å². The van der Waals surface area contributed by atoms with Crippen LogP contribution in [-0.4, -0.2) is 15.2 Å². The topological polar surface area (TPSA) is 65.4 Å². The summed E-state index contributed by atoms with van der Waals surface area (Å²) in [7, 11) is 0. The van der Waals surface area contributed by atoms with Crippen molar-refractivity contribution < 1.29 is 10.2 Å². The standard InChI is InChI=1S/C12H11ClN2O2/c13-11-5-8(2-4-12(11)17)14-6-9-1-3-10(16)7-15-9/h1-5,7,14,16-17H,6H2. The third-order valence-electron chi connectivity index (χ3n) is 2.23. The Morgan fingerprint density at radius 2 is 2.00 bits per heavy atom. The van der Waals surface area contributed by atoms with Crippen molar-refractivity contribution in [1.29, 1.82) is 0 Å². The highest BCUT2D eigenvalue weighted by molar-refractivity contribution is 6.32. The average molecular weight is 251 g/mol. The monoisotopic (exact) mass is 250 g/mol. The average Bonchev–Trinajstić information content (AvgIpc) is 2.33. The molecule has 0 atom stereocenters. The Hall–Kier alpha value is -1.94. The Morgan fingerprint density at radius 3 is 2.65 bits per heavy atom. The van der Waals surface area contributed by atoms with E-state index in [1.54, 1.807) is 24.3 Å². The summed E-state index contributed by atoms with van der Waals surface area (Å²) in [5.41, 5.74) is 1.59. The van der Waals surface area contributed by atoms with Gasteiger partial charge in [0.1, 0.15) is 11.5 Å². The van der Waals surface area contributed by atoms with Crippen LogP contribution in [0.25, 0.3) is 0 Å². The van der Waals surface area contributed by atoms with Crippen molar-refractivity contribution in [2.45, 2.75) is 6.54 Å². The number of halogens is 1. The molecule has 0 aliphatic carbocycles. The van der Waals surface area contributed by atoms with Crippen LogP contribution in [0.3, 0.4) is 0 Å². The fourth-order valence-electron chi connectivity index (χ4n) is 1.33. The second-order valence-electron chi connectivity index (χ2n) is 3.53. The minimum atomic E-state index is 0.0555. The van der Waals surface area contributed by atoms with Crippen LogP contribution in [-0.2, 0) is 6.54 Å². The van der Waals surface area contributed by atoms with Gasteiger partial charge in [0.25, 0.3) is 0 Å². The highest BCUT2D eigenvalue weighted by atomic mass is 35.5. The maximum atomic E-state index is 9.26. The van der Waals surface area contributed by atoms with Crippen LogP contribution in [0, 0.1) is 0 Å².